The molecule has 1 atom stereocenters. The molecular weight excluding hydrogens is 260 g/mol. The van der Waals surface area contributed by atoms with E-state index in [1.54, 1.807) is 25.3 Å². The van der Waals surface area contributed by atoms with Gasteiger partial charge in [0.1, 0.15) is 16.8 Å². The fraction of sp³-hybridized carbons (Fsp3) is 0.462. The molecule has 0 saturated heterocycles. The summed E-state index contributed by atoms with van der Waals surface area (Å²) in [5.74, 6) is 0.532. The van der Waals surface area contributed by atoms with Crippen LogP contribution in [0.25, 0.3) is 0 Å². The molecule has 1 rings (SSSR count). The molecule has 1 aromatic heterocycles. The van der Waals surface area contributed by atoms with Crippen molar-refractivity contribution in [2.24, 2.45) is 5.73 Å². The van der Waals surface area contributed by atoms with E-state index in [9.17, 15) is 4.79 Å². The molecule has 1 unspecified atom stereocenters. The predicted octanol–water partition coefficient (Wildman–Crippen LogP) is 1.43. The van der Waals surface area contributed by atoms with E-state index in [1.807, 2.05) is 20.8 Å². The van der Waals surface area contributed by atoms with Gasteiger partial charge < -0.3 is 16.4 Å². The third-order valence-electron chi connectivity index (χ3n) is 2.30. The van der Waals surface area contributed by atoms with E-state index >= 15 is 0 Å². The van der Waals surface area contributed by atoms with E-state index < -0.39 is 0 Å². The molecule has 0 aliphatic heterocycles. The molecule has 104 valence electrons. The predicted molar refractivity (Wildman–Crippen MR) is 81.1 cm³/mol. The monoisotopic (exact) mass is 280 g/mol. The number of rotatable bonds is 4. The number of carbonyl (C=O) groups excluding carboxylic acids is 1. The molecule has 0 aliphatic rings. The summed E-state index contributed by atoms with van der Waals surface area (Å²) in [4.78, 5) is 16.4. The number of pyridine rings is 1. The third kappa shape index (κ3) is 5.21. The molecule has 0 aliphatic carbocycles. The number of hydrogen-bond acceptors (Lipinski definition) is 4. The van der Waals surface area contributed by atoms with Crippen LogP contribution < -0.4 is 16.4 Å². The van der Waals surface area contributed by atoms with E-state index in [1.165, 1.54) is 0 Å². The maximum absolute atomic E-state index is 11.9. The minimum atomic E-state index is -0.373. The van der Waals surface area contributed by atoms with Gasteiger partial charge in [0, 0.05) is 17.3 Å². The Bertz CT molecular complexity index is 465. The topological polar surface area (TPSA) is 80.0 Å². The first-order valence-electron chi connectivity index (χ1n) is 6.03. The Balaban J connectivity index is 2.64. The fourth-order valence-electron chi connectivity index (χ4n) is 1.39. The number of anilines is 1. The number of nitrogens with one attached hydrogen (secondary N) is 2. The van der Waals surface area contributed by atoms with E-state index in [4.69, 9.17) is 18.0 Å². The van der Waals surface area contributed by atoms with Crippen molar-refractivity contribution < 1.29 is 4.79 Å². The van der Waals surface area contributed by atoms with Crippen LogP contribution in [0, 0.1) is 0 Å². The normalized spacial score (nSPS) is 12.6. The Morgan fingerprint density at radius 3 is 2.47 bits per heavy atom. The Morgan fingerprint density at radius 1 is 1.42 bits per heavy atom. The van der Waals surface area contributed by atoms with Gasteiger partial charge in [0.15, 0.2) is 0 Å². The van der Waals surface area contributed by atoms with Crippen LogP contribution in [0.5, 0.6) is 0 Å². The number of amides is 1. The van der Waals surface area contributed by atoms with Crippen LogP contribution in [0.4, 0.5) is 5.82 Å². The van der Waals surface area contributed by atoms with Gasteiger partial charge in [0.05, 0.1) is 0 Å². The van der Waals surface area contributed by atoms with Gasteiger partial charge in [0.2, 0.25) is 5.91 Å². The van der Waals surface area contributed by atoms with Crippen molar-refractivity contribution in [2.75, 3.05) is 5.32 Å². The van der Waals surface area contributed by atoms with Gasteiger partial charge in [-0.3, -0.25) is 4.79 Å². The SMILES string of the molecule is CC(Nc1ccc(C(N)=S)cn1)C(=O)NC(C)(C)C. The second kappa shape index (κ2) is 5.97. The summed E-state index contributed by atoms with van der Waals surface area (Å²) in [5, 5.41) is 5.92. The Labute approximate surface area is 119 Å². The van der Waals surface area contributed by atoms with E-state index in [2.05, 4.69) is 15.6 Å². The lowest BCUT2D eigenvalue weighted by molar-refractivity contribution is -0.122. The number of nitrogens with two attached hydrogens (primary N) is 1. The molecule has 0 fully saturated rings. The average Bonchev–Trinajstić information content (AvgIpc) is 2.27. The molecular formula is C13H20N4OS. The number of aromatic nitrogens is 1. The first-order chi connectivity index (χ1) is 8.69. The standard InChI is InChI=1S/C13H20N4OS/c1-8(12(18)17-13(2,3)4)16-10-6-5-9(7-15-10)11(14)19/h5-8H,1-4H3,(H2,14,19)(H,15,16)(H,17,18). The molecule has 4 N–H and O–H groups in total. The van der Waals surface area contributed by atoms with Gasteiger partial charge in [-0.15, -0.1) is 0 Å². The van der Waals surface area contributed by atoms with Crippen LogP contribution in [0.15, 0.2) is 18.3 Å². The molecule has 0 aromatic carbocycles. The lowest BCUT2D eigenvalue weighted by Crippen LogP contribution is -2.47. The van der Waals surface area contributed by atoms with E-state index in [-0.39, 0.29) is 17.5 Å². The van der Waals surface area contributed by atoms with Crippen molar-refractivity contribution in [3.63, 3.8) is 0 Å². The molecule has 19 heavy (non-hydrogen) atoms. The summed E-state index contributed by atoms with van der Waals surface area (Å²) in [6, 6.07) is 3.14. The highest BCUT2D eigenvalue weighted by atomic mass is 32.1. The second-order valence-corrected chi connectivity index (χ2v) is 5.84. The van der Waals surface area contributed by atoms with Gasteiger partial charge in [-0.05, 0) is 39.8 Å². The van der Waals surface area contributed by atoms with E-state index in [0.29, 0.717) is 16.4 Å². The highest BCUT2D eigenvalue weighted by Crippen LogP contribution is 2.07. The first kappa shape index (κ1) is 15.4. The Kier molecular flexibility index (Phi) is 4.83. The summed E-state index contributed by atoms with van der Waals surface area (Å²) in [5.41, 5.74) is 5.94. The van der Waals surface area contributed by atoms with Crippen molar-refractivity contribution in [3.05, 3.63) is 23.9 Å². The highest BCUT2D eigenvalue weighted by molar-refractivity contribution is 7.80. The summed E-state index contributed by atoms with van der Waals surface area (Å²) in [7, 11) is 0. The summed E-state index contributed by atoms with van der Waals surface area (Å²) in [6.45, 7) is 7.59. The Morgan fingerprint density at radius 2 is 2.05 bits per heavy atom. The van der Waals surface area contributed by atoms with Gasteiger partial charge in [-0.2, -0.15) is 0 Å². The molecule has 0 saturated carbocycles. The Hall–Kier alpha value is -1.69. The second-order valence-electron chi connectivity index (χ2n) is 5.40. The first-order valence-corrected chi connectivity index (χ1v) is 6.44. The van der Waals surface area contributed by atoms with E-state index in [0.717, 1.165) is 0 Å². The molecule has 6 heteroatoms. The number of thiocarbonyl (C=S) groups is 1. The van der Waals surface area contributed by atoms with Crippen LogP contribution in [-0.2, 0) is 4.79 Å². The number of carbonyl (C=O) groups is 1. The molecule has 5 nitrogen and oxygen atoms in total. The van der Waals surface area contributed by atoms with Crippen LogP contribution >= 0.6 is 12.2 Å². The largest absolute Gasteiger partial charge is 0.389 e. The third-order valence-corrected chi connectivity index (χ3v) is 2.54. The maximum Gasteiger partial charge on any atom is 0.242 e. The van der Waals surface area contributed by atoms with Crippen molar-refractivity contribution in [2.45, 2.75) is 39.3 Å². The van der Waals surface area contributed by atoms with Gasteiger partial charge >= 0.3 is 0 Å². The zero-order valence-corrected chi connectivity index (χ0v) is 12.5. The van der Waals surface area contributed by atoms with Gasteiger partial charge in [0.25, 0.3) is 0 Å². The molecule has 0 radical (unpaired) electrons. The van der Waals surface area contributed by atoms with Crippen LogP contribution in [0.2, 0.25) is 0 Å². The minimum absolute atomic E-state index is 0.0762. The average molecular weight is 280 g/mol. The highest BCUT2D eigenvalue weighted by Gasteiger charge is 2.19. The summed E-state index contributed by atoms with van der Waals surface area (Å²) >= 11 is 4.85. The van der Waals surface area contributed by atoms with Crippen molar-refractivity contribution in [3.8, 4) is 0 Å². The molecule has 0 bridgehead atoms. The zero-order valence-electron chi connectivity index (χ0n) is 11.7. The van der Waals surface area contributed by atoms with Crippen LogP contribution in [0.1, 0.15) is 33.3 Å². The number of nitrogens with zero attached hydrogens (tertiary/aromatic N) is 1. The molecule has 1 aromatic rings. The molecule has 1 heterocycles. The quantitative estimate of drug-likeness (QED) is 0.727. The van der Waals surface area contributed by atoms with Crippen molar-refractivity contribution in [1.82, 2.24) is 10.3 Å². The van der Waals surface area contributed by atoms with Crippen molar-refractivity contribution >= 4 is 28.9 Å². The summed E-state index contributed by atoms with van der Waals surface area (Å²) in [6.07, 6.45) is 1.58. The fourth-order valence-corrected chi connectivity index (χ4v) is 1.51. The smallest absolute Gasteiger partial charge is 0.242 e. The molecule has 0 spiro atoms. The van der Waals surface area contributed by atoms with Crippen LogP contribution in [0.3, 0.4) is 0 Å². The zero-order chi connectivity index (χ0) is 14.6. The lowest BCUT2D eigenvalue weighted by Gasteiger charge is -2.23. The summed E-state index contributed by atoms with van der Waals surface area (Å²) < 4.78 is 0. The van der Waals surface area contributed by atoms with Crippen molar-refractivity contribution in [1.29, 1.82) is 0 Å². The number of hydrogen-bond donors (Lipinski definition) is 3. The molecule has 1 amide bonds. The van der Waals surface area contributed by atoms with Gasteiger partial charge in [-0.25, -0.2) is 4.98 Å². The van der Waals surface area contributed by atoms with Crippen LogP contribution in [-0.4, -0.2) is 27.5 Å². The van der Waals surface area contributed by atoms with Gasteiger partial charge in [-0.1, -0.05) is 12.2 Å². The maximum atomic E-state index is 11.9. The minimum Gasteiger partial charge on any atom is -0.389 e. The lowest BCUT2D eigenvalue weighted by atomic mass is 10.1.